The molecule has 2 atom stereocenters. The van der Waals surface area contributed by atoms with Gasteiger partial charge in [0.15, 0.2) is 6.61 Å². The minimum atomic E-state index is -0.615. The first-order chi connectivity index (χ1) is 14.4. The van der Waals surface area contributed by atoms with Gasteiger partial charge >= 0.3 is 5.97 Å². The molecule has 1 aliphatic carbocycles. The van der Waals surface area contributed by atoms with Crippen molar-refractivity contribution in [3.8, 4) is 0 Å². The Bertz CT molecular complexity index is 899. The van der Waals surface area contributed by atoms with Crippen LogP contribution < -0.4 is 10.6 Å². The third kappa shape index (κ3) is 6.32. The van der Waals surface area contributed by atoms with Gasteiger partial charge in [0.1, 0.15) is 0 Å². The molecular weight excluding hydrogens is 404 g/mol. The van der Waals surface area contributed by atoms with Crippen LogP contribution in [0, 0.1) is 5.92 Å². The van der Waals surface area contributed by atoms with Crippen molar-refractivity contribution in [2.45, 2.75) is 38.3 Å². The Morgan fingerprint density at radius 1 is 1.03 bits per heavy atom. The molecule has 1 fully saturated rings. The molecule has 0 radical (unpaired) electrons. The van der Waals surface area contributed by atoms with E-state index in [0.717, 1.165) is 18.4 Å². The van der Waals surface area contributed by atoms with Crippen molar-refractivity contribution >= 4 is 29.4 Å². The predicted molar refractivity (Wildman–Crippen MR) is 114 cm³/mol. The number of ether oxygens (including phenoxy) is 1. The van der Waals surface area contributed by atoms with Crippen LogP contribution in [0.2, 0.25) is 5.02 Å². The van der Waals surface area contributed by atoms with Gasteiger partial charge in [0.2, 0.25) is 0 Å². The molecule has 158 valence electrons. The zero-order valence-electron chi connectivity index (χ0n) is 16.8. The van der Waals surface area contributed by atoms with Gasteiger partial charge in [-0.05, 0) is 43.4 Å². The van der Waals surface area contributed by atoms with Crippen LogP contribution >= 0.6 is 11.6 Å². The van der Waals surface area contributed by atoms with E-state index in [2.05, 4.69) is 10.6 Å². The molecule has 0 heterocycles. The van der Waals surface area contributed by atoms with Gasteiger partial charge in [-0.2, -0.15) is 0 Å². The van der Waals surface area contributed by atoms with E-state index in [4.69, 9.17) is 16.3 Å². The van der Waals surface area contributed by atoms with E-state index in [-0.39, 0.29) is 25.0 Å². The van der Waals surface area contributed by atoms with Gasteiger partial charge in [-0.15, -0.1) is 0 Å². The van der Waals surface area contributed by atoms with Gasteiger partial charge in [-0.3, -0.25) is 14.4 Å². The second kappa shape index (κ2) is 10.3. The summed E-state index contributed by atoms with van der Waals surface area (Å²) in [6.07, 6.45) is 2.13. The Kier molecular flexibility index (Phi) is 7.46. The first-order valence-corrected chi connectivity index (χ1v) is 10.4. The first kappa shape index (κ1) is 21.8. The average molecular weight is 429 g/mol. The summed E-state index contributed by atoms with van der Waals surface area (Å²) in [6.45, 7) is 1.61. The molecule has 1 aliphatic rings. The lowest BCUT2D eigenvalue weighted by Gasteiger charge is -2.19. The molecule has 6 nitrogen and oxygen atoms in total. The fourth-order valence-electron chi connectivity index (χ4n) is 3.20. The van der Waals surface area contributed by atoms with E-state index in [1.165, 1.54) is 0 Å². The molecule has 0 saturated heterocycles. The number of esters is 1. The monoisotopic (exact) mass is 428 g/mol. The van der Waals surface area contributed by atoms with Gasteiger partial charge in [-0.25, -0.2) is 0 Å². The summed E-state index contributed by atoms with van der Waals surface area (Å²) < 4.78 is 5.14. The maximum Gasteiger partial charge on any atom is 0.308 e. The Balaban J connectivity index is 1.60. The molecule has 0 spiro atoms. The van der Waals surface area contributed by atoms with Crippen LogP contribution in [0.3, 0.4) is 0 Å². The van der Waals surface area contributed by atoms with Crippen LogP contribution in [0.5, 0.6) is 0 Å². The number of hydrogen-bond donors (Lipinski definition) is 2. The van der Waals surface area contributed by atoms with E-state index < -0.39 is 17.9 Å². The topological polar surface area (TPSA) is 84.5 Å². The smallest absolute Gasteiger partial charge is 0.308 e. The lowest BCUT2D eigenvalue weighted by atomic mass is 10.0. The van der Waals surface area contributed by atoms with E-state index in [0.29, 0.717) is 16.5 Å². The van der Waals surface area contributed by atoms with Crippen LogP contribution in [0.25, 0.3) is 0 Å². The minimum absolute atomic E-state index is 0.0863. The minimum Gasteiger partial charge on any atom is -0.456 e. The molecule has 2 aromatic rings. The molecule has 2 unspecified atom stereocenters. The zero-order valence-corrected chi connectivity index (χ0v) is 17.5. The number of halogens is 1. The zero-order chi connectivity index (χ0) is 21.5. The quantitative estimate of drug-likeness (QED) is 0.597. The van der Waals surface area contributed by atoms with Crippen LogP contribution in [0.4, 0.5) is 0 Å². The number of hydrogen-bond acceptors (Lipinski definition) is 4. The Morgan fingerprint density at radius 3 is 2.37 bits per heavy atom. The number of rotatable bonds is 9. The second-order valence-electron chi connectivity index (χ2n) is 7.48. The molecule has 2 aromatic carbocycles. The van der Waals surface area contributed by atoms with Crippen LogP contribution in [-0.4, -0.2) is 30.4 Å². The molecule has 7 heteroatoms. The predicted octanol–water partition coefficient (Wildman–Crippen LogP) is 3.66. The fourth-order valence-corrected chi connectivity index (χ4v) is 3.42. The third-order valence-electron chi connectivity index (χ3n) is 5.08. The van der Waals surface area contributed by atoms with Crippen molar-refractivity contribution < 1.29 is 19.1 Å². The van der Waals surface area contributed by atoms with E-state index in [1.54, 1.807) is 24.3 Å². The normalized spacial score (nSPS) is 15.0. The molecule has 1 saturated carbocycles. The number of carbonyl (C=O) groups excluding carboxylic acids is 3. The first-order valence-electron chi connectivity index (χ1n) is 9.99. The maximum absolute atomic E-state index is 12.7. The standard InChI is InChI=1S/C23H25ClN2O4/c1-15(16-11-12-16)25-21(27)14-30-22(28)13-20(17-7-3-2-4-8-17)26-23(29)18-9-5-6-10-19(18)24/h2-10,15-16,20H,11-14H2,1H3,(H,25,27)(H,26,29). The molecule has 30 heavy (non-hydrogen) atoms. The van der Waals surface area contributed by atoms with Crippen molar-refractivity contribution in [1.29, 1.82) is 0 Å². The maximum atomic E-state index is 12.7. The van der Waals surface area contributed by atoms with Crippen molar-refractivity contribution in [2.75, 3.05) is 6.61 Å². The highest BCUT2D eigenvalue weighted by Gasteiger charge is 2.29. The van der Waals surface area contributed by atoms with Crippen molar-refractivity contribution in [2.24, 2.45) is 5.92 Å². The summed E-state index contributed by atoms with van der Waals surface area (Å²) in [7, 11) is 0. The fraction of sp³-hybridized carbons (Fsp3) is 0.348. The highest BCUT2D eigenvalue weighted by molar-refractivity contribution is 6.33. The summed E-state index contributed by atoms with van der Waals surface area (Å²) in [5.41, 5.74) is 1.07. The SMILES string of the molecule is CC(NC(=O)COC(=O)CC(NC(=O)c1ccccc1Cl)c1ccccc1)C1CC1. The van der Waals surface area contributed by atoms with Crippen LogP contribution in [0.1, 0.15) is 48.1 Å². The summed E-state index contributed by atoms with van der Waals surface area (Å²) in [5, 5.41) is 6.01. The summed E-state index contributed by atoms with van der Waals surface area (Å²) in [5.74, 6) is -0.762. The molecular formula is C23H25ClN2O4. The van der Waals surface area contributed by atoms with Crippen LogP contribution in [-0.2, 0) is 14.3 Å². The second-order valence-corrected chi connectivity index (χ2v) is 7.88. The lowest BCUT2D eigenvalue weighted by molar-refractivity contribution is -0.149. The Labute approximate surface area is 180 Å². The van der Waals surface area contributed by atoms with E-state index in [9.17, 15) is 14.4 Å². The van der Waals surface area contributed by atoms with Crippen molar-refractivity contribution in [3.63, 3.8) is 0 Å². The number of nitrogens with one attached hydrogen (secondary N) is 2. The molecule has 2 N–H and O–H groups in total. The summed E-state index contributed by atoms with van der Waals surface area (Å²) in [4.78, 5) is 37.0. The summed E-state index contributed by atoms with van der Waals surface area (Å²) in [6, 6.07) is 15.3. The highest BCUT2D eigenvalue weighted by atomic mass is 35.5. The van der Waals surface area contributed by atoms with Crippen molar-refractivity contribution in [3.05, 3.63) is 70.7 Å². The van der Waals surface area contributed by atoms with E-state index >= 15 is 0 Å². The van der Waals surface area contributed by atoms with Gasteiger partial charge in [0, 0.05) is 6.04 Å². The lowest BCUT2D eigenvalue weighted by Crippen LogP contribution is -2.37. The Morgan fingerprint density at radius 2 is 1.70 bits per heavy atom. The number of benzene rings is 2. The van der Waals surface area contributed by atoms with Gasteiger partial charge < -0.3 is 15.4 Å². The molecule has 0 aliphatic heterocycles. The Hall–Kier alpha value is -2.86. The molecule has 3 rings (SSSR count). The largest absolute Gasteiger partial charge is 0.456 e. The van der Waals surface area contributed by atoms with Gasteiger partial charge in [-0.1, -0.05) is 54.1 Å². The number of amides is 2. The van der Waals surface area contributed by atoms with Crippen LogP contribution in [0.15, 0.2) is 54.6 Å². The number of carbonyl (C=O) groups is 3. The van der Waals surface area contributed by atoms with Crippen molar-refractivity contribution in [1.82, 2.24) is 10.6 Å². The highest BCUT2D eigenvalue weighted by Crippen LogP contribution is 2.32. The van der Waals surface area contributed by atoms with Gasteiger partial charge in [0.05, 0.1) is 23.0 Å². The van der Waals surface area contributed by atoms with E-state index in [1.807, 2.05) is 37.3 Å². The molecule has 0 bridgehead atoms. The molecule has 0 aromatic heterocycles. The molecule has 2 amide bonds. The summed E-state index contributed by atoms with van der Waals surface area (Å²) >= 11 is 6.11. The third-order valence-corrected chi connectivity index (χ3v) is 5.41. The average Bonchev–Trinajstić information content (AvgIpc) is 3.58. The van der Waals surface area contributed by atoms with Gasteiger partial charge in [0.25, 0.3) is 11.8 Å².